The van der Waals surface area contributed by atoms with Crippen molar-refractivity contribution in [3.8, 4) is 0 Å². The van der Waals surface area contributed by atoms with Gasteiger partial charge >= 0.3 is 6.09 Å². The van der Waals surface area contributed by atoms with Gasteiger partial charge in [-0.25, -0.2) is 9.78 Å². The van der Waals surface area contributed by atoms with Crippen molar-refractivity contribution in [2.75, 3.05) is 53.1 Å². The Bertz CT molecular complexity index is 1380. The van der Waals surface area contributed by atoms with Crippen LogP contribution in [0.25, 0.3) is 5.57 Å². The van der Waals surface area contributed by atoms with Gasteiger partial charge in [-0.1, -0.05) is 56.3 Å². The van der Waals surface area contributed by atoms with E-state index in [-0.39, 0.29) is 36.8 Å². The molecule has 0 radical (unpaired) electrons. The maximum atomic E-state index is 12.9. The molecule has 12 heteroatoms. The zero-order valence-corrected chi connectivity index (χ0v) is 29.4. The lowest BCUT2D eigenvalue weighted by atomic mass is 9.85. The Morgan fingerprint density at radius 1 is 1.21 bits per heavy atom. The van der Waals surface area contributed by atoms with Crippen LogP contribution in [0.4, 0.5) is 4.79 Å². The summed E-state index contributed by atoms with van der Waals surface area (Å²) in [6.45, 7) is 20.0. The maximum absolute atomic E-state index is 12.9. The van der Waals surface area contributed by atoms with E-state index in [2.05, 4.69) is 33.7 Å². The lowest BCUT2D eigenvalue weighted by Gasteiger charge is -2.43. The Hall–Kier alpha value is -3.64. The first kappa shape index (κ1) is 37.8. The third kappa shape index (κ3) is 9.93. The SMILES string of the molecule is C=C(c1cc(Cl)ccc1C(C(N/C=C\C)C(=C)C)N1CCN(C(=O)O[C@H]2CCOC2)CC1)C(NC(=O)COC)c1cncn1C.CC. The molecule has 0 bridgehead atoms. The highest BCUT2D eigenvalue weighted by Gasteiger charge is 2.36. The van der Waals surface area contributed by atoms with Crippen molar-refractivity contribution in [2.24, 2.45) is 7.05 Å². The van der Waals surface area contributed by atoms with E-state index in [1.165, 1.54) is 7.11 Å². The van der Waals surface area contributed by atoms with Crippen molar-refractivity contribution in [1.82, 2.24) is 30.0 Å². The molecule has 0 spiro atoms. The number of halogens is 1. The van der Waals surface area contributed by atoms with Crippen LogP contribution in [0, 0.1) is 0 Å². The predicted molar refractivity (Wildman–Crippen MR) is 186 cm³/mol. The molecule has 4 rings (SSSR count). The van der Waals surface area contributed by atoms with Crippen LogP contribution in [0.1, 0.15) is 63.0 Å². The molecule has 258 valence electrons. The van der Waals surface area contributed by atoms with Gasteiger partial charge in [-0.2, -0.15) is 0 Å². The molecule has 2 N–H and O–H groups in total. The molecule has 3 unspecified atom stereocenters. The summed E-state index contributed by atoms with van der Waals surface area (Å²) < 4.78 is 18.0. The summed E-state index contributed by atoms with van der Waals surface area (Å²) >= 11 is 6.63. The van der Waals surface area contributed by atoms with Crippen molar-refractivity contribution >= 4 is 29.2 Å². The Kier molecular flexibility index (Phi) is 15.0. The number of piperazine rings is 1. The minimum absolute atomic E-state index is 0.0991. The second kappa shape index (κ2) is 18.6. The molecule has 11 nitrogen and oxygen atoms in total. The van der Waals surface area contributed by atoms with Gasteiger partial charge in [0, 0.05) is 51.8 Å². The molecule has 0 aliphatic carbocycles. The smallest absolute Gasteiger partial charge is 0.410 e. The third-order valence-electron chi connectivity index (χ3n) is 8.17. The van der Waals surface area contributed by atoms with E-state index < -0.39 is 6.04 Å². The van der Waals surface area contributed by atoms with Gasteiger partial charge in [-0.3, -0.25) is 9.69 Å². The zero-order valence-electron chi connectivity index (χ0n) is 28.6. The van der Waals surface area contributed by atoms with Crippen molar-refractivity contribution < 1.29 is 23.8 Å². The molecular weight excluding hydrogens is 620 g/mol. The molecular formula is C35H51ClN6O5. The molecule has 2 amide bonds. The molecule has 2 saturated heterocycles. The van der Waals surface area contributed by atoms with Crippen LogP contribution in [0.5, 0.6) is 0 Å². The van der Waals surface area contributed by atoms with Gasteiger partial charge in [-0.15, -0.1) is 0 Å². The molecule has 1 aromatic carbocycles. The topological polar surface area (TPSA) is 110 Å². The first-order valence-corrected chi connectivity index (χ1v) is 16.6. The molecule has 2 aromatic rings. The fourth-order valence-corrected chi connectivity index (χ4v) is 6.01. The number of methoxy groups -OCH3 is 1. The normalized spacial score (nSPS) is 18.5. The number of ether oxygens (including phenoxy) is 3. The molecule has 3 heterocycles. The summed E-state index contributed by atoms with van der Waals surface area (Å²) in [5, 5.41) is 7.14. The van der Waals surface area contributed by atoms with Gasteiger partial charge in [0.1, 0.15) is 12.7 Å². The van der Waals surface area contributed by atoms with Crippen LogP contribution in [0.3, 0.4) is 0 Å². The second-order valence-electron chi connectivity index (χ2n) is 11.4. The zero-order chi connectivity index (χ0) is 34.5. The molecule has 2 aliphatic heterocycles. The number of aromatic nitrogens is 2. The fourth-order valence-electron chi connectivity index (χ4n) is 5.83. The van der Waals surface area contributed by atoms with E-state index in [9.17, 15) is 9.59 Å². The van der Waals surface area contributed by atoms with Crippen LogP contribution in [-0.2, 0) is 26.1 Å². The lowest BCUT2D eigenvalue weighted by Crippen LogP contribution is -2.53. The van der Waals surface area contributed by atoms with Gasteiger partial charge in [0.15, 0.2) is 0 Å². The highest BCUT2D eigenvalue weighted by atomic mass is 35.5. The number of imidazole rings is 1. The average molecular weight is 671 g/mol. The van der Waals surface area contributed by atoms with Crippen LogP contribution < -0.4 is 10.6 Å². The number of rotatable bonds is 13. The van der Waals surface area contributed by atoms with Gasteiger partial charge in [-0.05, 0) is 48.9 Å². The minimum atomic E-state index is -0.601. The second-order valence-corrected chi connectivity index (χ2v) is 11.9. The van der Waals surface area contributed by atoms with Gasteiger partial charge in [0.2, 0.25) is 5.91 Å². The molecule has 0 saturated carbocycles. The summed E-state index contributed by atoms with van der Waals surface area (Å²) in [4.78, 5) is 34.1. The lowest BCUT2D eigenvalue weighted by molar-refractivity contribution is -0.125. The van der Waals surface area contributed by atoms with Crippen LogP contribution >= 0.6 is 11.6 Å². The van der Waals surface area contributed by atoms with Gasteiger partial charge < -0.3 is 34.3 Å². The van der Waals surface area contributed by atoms with E-state index in [1.54, 1.807) is 17.4 Å². The van der Waals surface area contributed by atoms with E-state index in [4.69, 9.17) is 25.8 Å². The van der Waals surface area contributed by atoms with E-state index in [1.807, 2.05) is 69.8 Å². The molecule has 4 atom stereocenters. The largest absolute Gasteiger partial charge is 0.444 e. The highest BCUT2D eigenvalue weighted by Crippen LogP contribution is 2.39. The molecule has 1 aromatic heterocycles. The number of carbonyl (C=O) groups is 2. The molecule has 2 fully saturated rings. The Morgan fingerprint density at radius 2 is 1.94 bits per heavy atom. The standard InChI is InChI=1S/C33H45ClN6O5.C2H6/c1-7-11-36-30(22(2)3)32(39-12-14-40(15-13-39)33(42)45-25-10-16-44-19-25)26-9-8-24(34)17-27(26)23(4)31(37-29(41)20-43-6)28-18-35-21-38(28)5;1-2/h7-9,11,17-18,21,25,30-32,36H,2,4,10,12-16,19-20H2,1,3,5-6H3,(H,37,41);1-2H3/b11-7-;/t25-,30?,31?,32?;/m0./s1. The van der Waals surface area contributed by atoms with Crippen molar-refractivity contribution in [1.29, 1.82) is 0 Å². The average Bonchev–Trinajstić information content (AvgIpc) is 3.74. The Morgan fingerprint density at radius 3 is 2.51 bits per heavy atom. The maximum Gasteiger partial charge on any atom is 0.410 e. The van der Waals surface area contributed by atoms with Crippen LogP contribution in [-0.4, -0.2) is 96.6 Å². The van der Waals surface area contributed by atoms with E-state index in [0.29, 0.717) is 50.0 Å². The number of amides is 2. The third-order valence-corrected chi connectivity index (χ3v) is 8.40. The van der Waals surface area contributed by atoms with Crippen molar-refractivity contribution in [3.63, 3.8) is 0 Å². The molecule has 2 aliphatic rings. The van der Waals surface area contributed by atoms with Crippen LogP contribution in [0.15, 0.2) is 61.7 Å². The predicted octanol–water partition coefficient (Wildman–Crippen LogP) is 5.27. The van der Waals surface area contributed by atoms with Gasteiger partial charge in [0.05, 0.1) is 49.6 Å². The van der Waals surface area contributed by atoms with Crippen LogP contribution in [0.2, 0.25) is 5.02 Å². The van der Waals surface area contributed by atoms with Crippen molar-refractivity contribution in [2.45, 2.75) is 58.3 Å². The number of carbonyl (C=O) groups excluding carboxylic acids is 2. The Balaban J connectivity index is 0.00000294. The number of hydrogen-bond acceptors (Lipinski definition) is 8. The minimum Gasteiger partial charge on any atom is -0.444 e. The highest BCUT2D eigenvalue weighted by molar-refractivity contribution is 6.30. The number of hydrogen-bond donors (Lipinski definition) is 2. The van der Waals surface area contributed by atoms with Gasteiger partial charge in [0.25, 0.3) is 0 Å². The first-order valence-electron chi connectivity index (χ1n) is 16.2. The number of benzene rings is 1. The number of allylic oxidation sites excluding steroid dienone is 1. The summed E-state index contributed by atoms with van der Waals surface area (Å²) in [6.07, 6.45) is 7.47. The Labute approximate surface area is 284 Å². The monoisotopic (exact) mass is 670 g/mol. The first-order chi connectivity index (χ1) is 22.6. The fraction of sp³-hybridized carbons (Fsp3) is 0.514. The summed E-state index contributed by atoms with van der Waals surface area (Å²) in [7, 11) is 3.35. The summed E-state index contributed by atoms with van der Waals surface area (Å²) in [5.41, 5.74) is 4.10. The number of aryl methyl sites for hydroxylation is 1. The number of nitrogens with one attached hydrogen (secondary N) is 2. The van der Waals surface area contributed by atoms with E-state index in [0.717, 1.165) is 28.8 Å². The summed E-state index contributed by atoms with van der Waals surface area (Å²) in [6, 6.07) is 4.76. The van der Waals surface area contributed by atoms with Crippen molar-refractivity contribution in [3.05, 3.63) is 83.6 Å². The number of nitrogens with zero attached hydrogens (tertiary/aromatic N) is 4. The molecule has 47 heavy (non-hydrogen) atoms. The summed E-state index contributed by atoms with van der Waals surface area (Å²) in [5.74, 6) is -0.285. The quantitative estimate of drug-likeness (QED) is 0.278. The van der Waals surface area contributed by atoms with E-state index >= 15 is 0 Å².